The normalized spacial score (nSPS) is 11.1. The fraction of sp³-hybridized carbons (Fsp3) is 0.231. The molecule has 4 aromatic rings. The number of fused-ring (bicyclic) bond motifs is 1. The van der Waals surface area contributed by atoms with E-state index in [1.54, 1.807) is 7.11 Å². The Morgan fingerprint density at radius 1 is 1.00 bits per heavy atom. The Morgan fingerprint density at radius 2 is 1.81 bits per heavy atom. The predicted molar refractivity (Wildman–Crippen MR) is 130 cm³/mol. The minimum Gasteiger partial charge on any atom is -0.493 e. The van der Waals surface area contributed by atoms with Crippen molar-refractivity contribution >= 4 is 26.8 Å². The van der Waals surface area contributed by atoms with Gasteiger partial charge in [0.15, 0.2) is 11.5 Å². The molecule has 160 valence electrons. The van der Waals surface area contributed by atoms with Crippen molar-refractivity contribution < 1.29 is 9.47 Å². The molecule has 0 amide bonds. The van der Waals surface area contributed by atoms with E-state index in [4.69, 9.17) is 9.47 Å². The molecule has 0 spiro atoms. The molecule has 2 N–H and O–H groups in total. The van der Waals surface area contributed by atoms with Crippen LogP contribution in [0.3, 0.4) is 0 Å². The Hall–Kier alpha value is -2.76. The summed E-state index contributed by atoms with van der Waals surface area (Å²) < 4.78 is 12.6. The number of hydrogen-bond donors (Lipinski definition) is 2. The van der Waals surface area contributed by atoms with Crippen LogP contribution in [-0.4, -0.2) is 18.6 Å². The molecule has 4 nitrogen and oxygen atoms in total. The number of aromatic nitrogens is 1. The molecule has 0 saturated heterocycles. The van der Waals surface area contributed by atoms with Gasteiger partial charge in [-0.05, 0) is 76.3 Å². The number of rotatable bonds is 9. The van der Waals surface area contributed by atoms with Crippen molar-refractivity contribution in [1.29, 1.82) is 0 Å². The van der Waals surface area contributed by atoms with Gasteiger partial charge in [0.1, 0.15) is 6.61 Å². The molecule has 31 heavy (non-hydrogen) atoms. The van der Waals surface area contributed by atoms with Crippen molar-refractivity contribution in [3.63, 3.8) is 0 Å². The van der Waals surface area contributed by atoms with Crippen LogP contribution in [0.2, 0.25) is 0 Å². The van der Waals surface area contributed by atoms with Crippen molar-refractivity contribution in [3.05, 3.63) is 93.6 Å². The second-order valence-corrected chi connectivity index (χ2v) is 8.46. The maximum Gasteiger partial charge on any atom is 0.175 e. The third-order valence-electron chi connectivity index (χ3n) is 5.50. The van der Waals surface area contributed by atoms with Gasteiger partial charge in [-0.1, -0.05) is 42.5 Å². The summed E-state index contributed by atoms with van der Waals surface area (Å²) in [6.07, 6.45) is 3.08. The maximum absolute atomic E-state index is 6.10. The van der Waals surface area contributed by atoms with E-state index in [1.807, 2.05) is 18.2 Å². The SMILES string of the molecule is COc1cc(CNCCc2c[nH]c3ccccc23)cc(Br)c1OCc1ccccc1C. The highest BCUT2D eigenvalue weighted by Crippen LogP contribution is 2.37. The number of H-pyrrole nitrogens is 1. The zero-order valence-electron chi connectivity index (χ0n) is 17.9. The molecule has 0 bridgehead atoms. The van der Waals surface area contributed by atoms with Gasteiger partial charge in [0.05, 0.1) is 11.6 Å². The van der Waals surface area contributed by atoms with Crippen LogP contribution in [0.4, 0.5) is 0 Å². The average molecular weight is 479 g/mol. The van der Waals surface area contributed by atoms with Crippen LogP contribution in [0.15, 0.2) is 71.3 Å². The first-order valence-electron chi connectivity index (χ1n) is 10.4. The zero-order valence-corrected chi connectivity index (χ0v) is 19.5. The van der Waals surface area contributed by atoms with Gasteiger partial charge < -0.3 is 19.8 Å². The van der Waals surface area contributed by atoms with Gasteiger partial charge in [0.2, 0.25) is 0 Å². The summed E-state index contributed by atoms with van der Waals surface area (Å²) in [5, 5.41) is 4.83. The van der Waals surface area contributed by atoms with Crippen molar-refractivity contribution in [3.8, 4) is 11.5 Å². The van der Waals surface area contributed by atoms with Crippen LogP contribution in [0.1, 0.15) is 22.3 Å². The first-order valence-corrected chi connectivity index (χ1v) is 11.2. The molecular formula is C26H27BrN2O2. The molecule has 1 heterocycles. The zero-order chi connectivity index (χ0) is 21.6. The van der Waals surface area contributed by atoms with E-state index in [-0.39, 0.29) is 0 Å². The molecule has 0 saturated carbocycles. The molecule has 0 aliphatic rings. The number of ether oxygens (including phenoxy) is 2. The highest BCUT2D eigenvalue weighted by Gasteiger charge is 2.13. The Labute approximate surface area is 191 Å². The second-order valence-electron chi connectivity index (χ2n) is 7.61. The maximum atomic E-state index is 6.10. The summed E-state index contributed by atoms with van der Waals surface area (Å²) in [5.74, 6) is 1.46. The number of para-hydroxylation sites is 1. The van der Waals surface area contributed by atoms with Crippen LogP contribution in [0, 0.1) is 6.92 Å². The smallest absolute Gasteiger partial charge is 0.175 e. The standard InChI is InChI=1S/C26H27BrN2O2/c1-18-7-3-4-8-21(18)17-31-26-23(27)13-19(14-25(26)30-2)15-28-12-11-20-16-29-24-10-6-5-9-22(20)24/h3-10,13-14,16,28-29H,11-12,15,17H2,1-2H3. The number of hydrogen-bond acceptors (Lipinski definition) is 3. The molecule has 5 heteroatoms. The van der Waals surface area contributed by atoms with Crippen LogP contribution in [-0.2, 0) is 19.6 Å². The Kier molecular flexibility index (Phi) is 6.95. The summed E-state index contributed by atoms with van der Waals surface area (Å²) >= 11 is 3.66. The summed E-state index contributed by atoms with van der Waals surface area (Å²) in [4.78, 5) is 3.34. The summed E-state index contributed by atoms with van der Waals surface area (Å²) in [7, 11) is 1.68. The van der Waals surface area contributed by atoms with Gasteiger partial charge in [0.25, 0.3) is 0 Å². The molecule has 0 atom stereocenters. The Morgan fingerprint density at radius 3 is 2.65 bits per heavy atom. The van der Waals surface area contributed by atoms with E-state index in [1.165, 1.54) is 27.6 Å². The number of benzene rings is 3. The lowest BCUT2D eigenvalue weighted by molar-refractivity contribution is 0.281. The van der Waals surface area contributed by atoms with E-state index < -0.39 is 0 Å². The van der Waals surface area contributed by atoms with E-state index in [9.17, 15) is 0 Å². The van der Waals surface area contributed by atoms with Gasteiger partial charge in [-0.25, -0.2) is 0 Å². The number of aromatic amines is 1. The third-order valence-corrected chi connectivity index (χ3v) is 6.09. The van der Waals surface area contributed by atoms with Crippen molar-refractivity contribution in [2.75, 3.05) is 13.7 Å². The minimum atomic E-state index is 0.504. The molecule has 0 radical (unpaired) electrons. The van der Waals surface area contributed by atoms with Gasteiger partial charge in [-0.2, -0.15) is 0 Å². The Bertz CT molecular complexity index is 1170. The Balaban J connectivity index is 1.36. The molecule has 0 fully saturated rings. The highest BCUT2D eigenvalue weighted by atomic mass is 79.9. The van der Waals surface area contributed by atoms with Gasteiger partial charge in [-0.15, -0.1) is 0 Å². The number of nitrogens with one attached hydrogen (secondary N) is 2. The summed E-state index contributed by atoms with van der Waals surface area (Å²) in [5.41, 5.74) is 6.05. The largest absolute Gasteiger partial charge is 0.493 e. The molecule has 4 rings (SSSR count). The lowest BCUT2D eigenvalue weighted by Crippen LogP contribution is -2.16. The predicted octanol–water partition coefficient (Wildman–Crippen LogP) is 6.16. The van der Waals surface area contributed by atoms with Crippen molar-refractivity contribution in [1.82, 2.24) is 10.3 Å². The fourth-order valence-corrected chi connectivity index (χ4v) is 4.34. The van der Waals surface area contributed by atoms with Crippen molar-refractivity contribution in [2.24, 2.45) is 0 Å². The molecule has 0 unspecified atom stereocenters. The number of aryl methyl sites for hydroxylation is 1. The molecule has 0 aliphatic carbocycles. The highest BCUT2D eigenvalue weighted by molar-refractivity contribution is 9.10. The van der Waals surface area contributed by atoms with Gasteiger partial charge >= 0.3 is 0 Å². The molecular weight excluding hydrogens is 452 g/mol. The van der Waals surface area contributed by atoms with Crippen LogP contribution in [0.5, 0.6) is 11.5 Å². The average Bonchev–Trinajstić information content (AvgIpc) is 3.20. The van der Waals surface area contributed by atoms with E-state index in [0.29, 0.717) is 6.61 Å². The monoisotopic (exact) mass is 478 g/mol. The lowest BCUT2D eigenvalue weighted by atomic mass is 10.1. The summed E-state index contributed by atoms with van der Waals surface area (Å²) in [6.45, 7) is 4.25. The molecule has 3 aromatic carbocycles. The van der Waals surface area contributed by atoms with Crippen LogP contribution < -0.4 is 14.8 Å². The van der Waals surface area contributed by atoms with E-state index in [2.05, 4.69) is 81.8 Å². The molecule has 1 aromatic heterocycles. The van der Waals surface area contributed by atoms with Crippen LogP contribution in [0.25, 0.3) is 10.9 Å². The van der Waals surface area contributed by atoms with Gasteiger partial charge in [0, 0.05) is 23.6 Å². The fourth-order valence-electron chi connectivity index (χ4n) is 3.73. The number of methoxy groups -OCH3 is 1. The first-order chi connectivity index (χ1) is 15.2. The quantitative estimate of drug-likeness (QED) is 0.283. The van der Waals surface area contributed by atoms with Crippen molar-refractivity contribution in [2.45, 2.75) is 26.5 Å². The molecule has 0 aliphatic heterocycles. The first kappa shape index (κ1) is 21.5. The minimum absolute atomic E-state index is 0.504. The second kappa shape index (κ2) is 10.0. The topological polar surface area (TPSA) is 46.3 Å². The van der Waals surface area contributed by atoms with E-state index >= 15 is 0 Å². The lowest BCUT2D eigenvalue weighted by Gasteiger charge is -2.15. The van der Waals surface area contributed by atoms with E-state index in [0.717, 1.165) is 41.0 Å². The third kappa shape index (κ3) is 5.12. The summed E-state index contributed by atoms with van der Waals surface area (Å²) in [6, 6.07) is 20.8. The van der Waals surface area contributed by atoms with Crippen LogP contribution >= 0.6 is 15.9 Å². The van der Waals surface area contributed by atoms with Gasteiger partial charge in [-0.3, -0.25) is 0 Å². The number of halogens is 1.